The molecule has 0 saturated heterocycles. The largest absolute Gasteiger partial charge is 0.396 e. The van der Waals surface area contributed by atoms with Crippen LogP contribution in [0.2, 0.25) is 0 Å². The molecule has 2 rings (SSSR count). The van der Waals surface area contributed by atoms with Crippen LogP contribution in [-0.2, 0) is 6.42 Å². The Morgan fingerprint density at radius 2 is 2.33 bits per heavy atom. The Labute approximate surface area is 68.4 Å². The van der Waals surface area contributed by atoms with Gasteiger partial charge in [0.1, 0.15) is 5.52 Å². The van der Waals surface area contributed by atoms with Crippen LogP contribution in [0.25, 0.3) is 11.2 Å². The predicted molar refractivity (Wildman–Crippen MR) is 42.5 cm³/mol. The van der Waals surface area contributed by atoms with E-state index >= 15 is 0 Å². The molecular weight excluding hydrogens is 156 g/mol. The fourth-order valence-electron chi connectivity index (χ4n) is 1.05. The van der Waals surface area contributed by atoms with Gasteiger partial charge in [0.2, 0.25) is 5.65 Å². The van der Waals surface area contributed by atoms with Gasteiger partial charge in [0.05, 0.1) is 0 Å². The summed E-state index contributed by atoms with van der Waals surface area (Å²) < 4.78 is 0. The average molecular weight is 164 g/mol. The van der Waals surface area contributed by atoms with Crippen molar-refractivity contribution in [2.24, 2.45) is 0 Å². The topological polar surface area (TPSA) is 74.7 Å². The highest BCUT2D eigenvalue weighted by atomic mass is 16.2. The Bertz CT molecular complexity index is 384. The summed E-state index contributed by atoms with van der Waals surface area (Å²) in [5, 5.41) is 18.8. The molecule has 0 unspecified atom stereocenters. The van der Waals surface area contributed by atoms with Crippen molar-refractivity contribution in [3.8, 4) is 0 Å². The molecule has 0 spiro atoms. The molecule has 0 aliphatic carbocycles. The first-order chi connectivity index (χ1) is 5.90. The number of fused-ring (bicyclic) bond motifs is 1. The SMILES string of the molecule is OCCc1cnc2n[nH]nc2c1. The summed E-state index contributed by atoms with van der Waals surface area (Å²) in [4.78, 5) is 4.04. The summed E-state index contributed by atoms with van der Waals surface area (Å²) in [5.41, 5.74) is 2.32. The molecule has 2 N–H and O–H groups in total. The van der Waals surface area contributed by atoms with E-state index in [9.17, 15) is 0 Å². The first kappa shape index (κ1) is 7.17. The van der Waals surface area contributed by atoms with Crippen LogP contribution < -0.4 is 0 Å². The van der Waals surface area contributed by atoms with Crippen LogP contribution in [0.1, 0.15) is 5.56 Å². The molecule has 0 amide bonds. The zero-order valence-electron chi connectivity index (χ0n) is 6.36. The van der Waals surface area contributed by atoms with E-state index in [4.69, 9.17) is 5.11 Å². The number of nitrogens with zero attached hydrogens (tertiary/aromatic N) is 3. The van der Waals surface area contributed by atoms with E-state index in [0.29, 0.717) is 12.1 Å². The first-order valence-corrected chi connectivity index (χ1v) is 3.66. The van der Waals surface area contributed by atoms with Crippen molar-refractivity contribution in [3.05, 3.63) is 17.8 Å². The van der Waals surface area contributed by atoms with E-state index < -0.39 is 0 Å². The number of nitrogens with one attached hydrogen (secondary N) is 1. The number of aromatic nitrogens is 4. The van der Waals surface area contributed by atoms with E-state index in [1.807, 2.05) is 6.07 Å². The van der Waals surface area contributed by atoms with E-state index in [2.05, 4.69) is 20.4 Å². The second-order valence-electron chi connectivity index (χ2n) is 2.48. The van der Waals surface area contributed by atoms with Crippen LogP contribution in [0.5, 0.6) is 0 Å². The van der Waals surface area contributed by atoms with Gasteiger partial charge in [-0.3, -0.25) is 0 Å². The molecule has 2 aromatic rings. The fraction of sp³-hybridized carbons (Fsp3) is 0.286. The molecule has 0 fully saturated rings. The van der Waals surface area contributed by atoms with Crippen molar-refractivity contribution in [3.63, 3.8) is 0 Å². The maximum Gasteiger partial charge on any atom is 0.201 e. The summed E-state index contributed by atoms with van der Waals surface area (Å²) >= 11 is 0. The fourth-order valence-corrected chi connectivity index (χ4v) is 1.05. The molecule has 0 bridgehead atoms. The van der Waals surface area contributed by atoms with Gasteiger partial charge in [0, 0.05) is 12.8 Å². The first-order valence-electron chi connectivity index (χ1n) is 3.66. The highest BCUT2D eigenvalue weighted by molar-refractivity contribution is 5.68. The number of hydrogen-bond acceptors (Lipinski definition) is 4. The zero-order valence-corrected chi connectivity index (χ0v) is 6.36. The molecular formula is C7H8N4O. The van der Waals surface area contributed by atoms with E-state index in [1.165, 1.54) is 0 Å². The van der Waals surface area contributed by atoms with Gasteiger partial charge in [0.15, 0.2) is 0 Å². The van der Waals surface area contributed by atoms with Gasteiger partial charge >= 0.3 is 0 Å². The lowest BCUT2D eigenvalue weighted by atomic mass is 10.2. The van der Waals surface area contributed by atoms with Crippen molar-refractivity contribution in [2.45, 2.75) is 6.42 Å². The van der Waals surface area contributed by atoms with Crippen molar-refractivity contribution >= 4 is 11.2 Å². The van der Waals surface area contributed by atoms with Crippen molar-refractivity contribution in [1.29, 1.82) is 0 Å². The predicted octanol–water partition coefficient (Wildman–Crippen LogP) is -0.112. The van der Waals surface area contributed by atoms with Crippen LogP contribution in [0.4, 0.5) is 0 Å². The minimum atomic E-state index is 0.130. The summed E-state index contributed by atoms with van der Waals surface area (Å²) in [6.07, 6.45) is 2.30. The third kappa shape index (κ3) is 1.14. The molecule has 0 aliphatic rings. The summed E-state index contributed by atoms with van der Waals surface area (Å²) in [6.45, 7) is 0.130. The lowest BCUT2D eigenvalue weighted by molar-refractivity contribution is 0.299. The molecule has 2 heterocycles. The second kappa shape index (κ2) is 2.86. The van der Waals surface area contributed by atoms with E-state index in [1.54, 1.807) is 6.20 Å². The molecule has 5 heteroatoms. The van der Waals surface area contributed by atoms with Gasteiger partial charge in [-0.15, -0.1) is 5.10 Å². The second-order valence-corrected chi connectivity index (χ2v) is 2.48. The number of pyridine rings is 1. The third-order valence-electron chi connectivity index (χ3n) is 1.63. The van der Waals surface area contributed by atoms with Gasteiger partial charge in [-0.1, -0.05) is 0 Å². The molecule has 5 nitrogen and oxygen atoms in total. The quantitative estimate of drug-likeness (QED) is 0.649. The monoisotopic (exact) mass is 164 g/mol. The number of aliphatic hydroxyl groups is 1. The van der Waals surface area contributed by atoms with Crippen LogP contribution in [0, 0.1) is 0 Å². The smallest absolute Gasteiger partial charge is 0.201 e. The highest BCUT2D eigenvalue weighted by Crippen LogP contribution is 2.06. The number of rotatable bonds is 2. The van der Waals surface area contributed by atoms with Crippen molar-refractivity contribution < 1.29 is 5.11 Å². The standard InChI is InChI=1S/C7H8N4O/c12-2-1-5-3-6-7(8-4-5)10-11-9-6/h3-4,12H,1-2H2,(H,8,9,10,11). The molecule has 2 aromatic heterocycles. The Hall–Kier alpha value is -1.49. The zero-order chi connectivity index (χ0) is 8.39. The molecule has 0 saturated carbocycles. The minimum absolute atomic E-state index is 0.130. The average Bonchev–Trinajstić information content (AvgIpc) is 2.51. The van der Waals surface area contributed by atoms with Gasteiger partial charge in [-0.05, 0) is 18.1 Å². The molecule has 62 valence electrons. The minimum Gasteiger partial charge on any atom is -0.396 e. The Balaban J connectivity index is 2.46. The van der Waals surface area contributed by atoms with Crippen LogP contribution in [0.3, 0.4) is 0 Å². The van der Waals surface area contributed by atoms with E-state index in [0.717, 1.165) is 11.1 Å². The van der Waals surface area contributed by atoms with Gasteiger partial charge in [0.25, 0.3) is 0 Å². The Morgan fingerprint density at radius 1 is 1.42 bits per heavy atom. The molecule has 0 atom stereocenters. The summed E-state index contributed by atoms with van der Waals surface area (Å²) in [7, 11) is 0. The number of H-pyrrole nitrogens is 1. The van der Waals surface area contributed by atoms with Gasteiger partial charge < -0.3 is 5.11 Å². The lowest BCUT2D eigenvalue weighted by Gasteiger charge is -1.94. The van der Waals surface area contributed by atoms with Crippen molar-refractivity contribution in [1.82, 2.24) is 20.4 Å². The van der Waals surface area contributed by atoms with Gasteiger partial charge in [-0.25, -0.2) is 4.98 Å². The lowest BCUT2D eigenvalue weighted by Crippen LogP contribution is -1.91. The molecule has 12 heavy (non-hydrogen) atoms. The maximum absolute atomic E-state index is 8.67. The van der Waals surface area contributed by atoms with E-state index in [-0.39, 0.29) is 6.61 Å². The van der Waals surface area contributed by atoms with Crippen LogP contribution in [0.15, 0.2) is 12.3 Å². The number of aromatic amines is 1. The summed E-state index contributed by atoms with van der Waals surface area (Å²) in [6, 6.07) is 1.86. The van der Waals surface area contributed by atoms with Crippen LogP contribution >= 0.6 is 0 Å². The Kier molecular flexibility index (Phi) is 1.71. The van der Waals surface area contributed by atoms with Gasteiger partial charge in [-0.2, -0.15) is 10.3 Å². The highest BCUT2D eigenvalue weighted by Gasteiger charge is 1.99. The molecule has 0 aromatic carbocycles. The maximum atomic E-state index is 8.67. The van der Waals surface area contributed by atoms with Crippen LogP contribution in [-0.4, -0.2) is 32.1 Å². The number of hydrogen-bond donors (Lipinski definition) is 2. The molecule has 0 aliphatic heterocycles. The normalized spacial score (nSPS) is 10.8. The molecule has 0 radical (unpaired) electrons. The summed E-state index contributed by atoms with van der Waals surface area (Å²) in [5.74, 6) is 0. The van der Waals surface area contributed by atoms with Crippen molar-refractivity contribution in [2.75, 3.05) is 6.61 Å². The number of aliphatic hydroxyl groups excluding tert-OH is 1. The Morgan fingerprint density at radius 3 is 3.17 bits per heavy atom. The third-order valence-corrected chi connectivity index (χ3v) is 1.63.